The molecule has 8 heteroatoms. The average molecular weight is 376 g/mol. The predicted molar refractivity (Wildman–Crippen MR) is 95.2 cm³/mol. The molecule has 0 aliphatic heterocycles. The fraction of sp³-hybridized carbons (Fsp3) is 0.263. The molecule has 1 aliphatic rings. The maximum absolute atomic E-state index is 12.9. The lowest BCUT2D eigenvalue weighted by atomic mass is 10.00. The van der Waals surface area contributed by atoms with Gasteiger partial charge in [-0.3, -0.25) is 9.80 Å². The molecule has 142 valence electrons. The molecule has 0 saturated carbocycles. The monoisotopic (exact) mass is 376 g/mol. The van der Waals surface area contributed by atoms with Gasteiger partial charge in [0.25, 0.3) is 0 Å². The summed E-state index contributed by atoms with van der Waals surface area (Å²) in [4.78, 5) is 16.0. The highest BCUT2D eigenvalue weighted by Gasteiger charge is 2.30. The Morgan fingerprint density at radius 1 is 1.11 bits per heavy atom. The lowest BCUT2D eigenvalue weighted by Gasteiger charge is -2.25. The van der Waals surface area contributed by atoms with Gasteiger partial charge in [0.05, 0.1) is 17.0 Å². The molecule has 0 saturated heterocycles. The van der Waals surface area contributed by atoms with Crippen LogP contribution < -0.4 is 16.6 Å². The molecule has 3 rings (SSSR count). The van der Waals surface area contributed by atoms with E-state index in [0.29, 0.717) is 42.8 Å². The molecule has 0 atom stereocenters. The Morgan fingerprint density at radius 3 is 2.59 bits per heavy atom. The van der Waals surface area contributed by atoms with Gasteiger partial charge in [-0.25, -0.2) is 10.8 Å². The molecule has 0 bridgehead atoms. The number of pyridine rings is 1. The van der Waals surface area contributed by atoms with Gasteiger partial charge in [0.2, 0.25) is 0 Å². The van der Waals surface area contributed by atoms with Crippen LogP contribution in [0.3, 0.4) is 0 Å². The third-order valence-corrected chi connectivity index (χ3v) is 4.44. The van der Waals surface area contributed by atoms with E-state index in [2.05, 4.69) is 4.98 Å². The molecule has 0 radical (unpaired) electrons. The second-order valence-electron chi connectivity index (χ2n) is 6.40. The first kappa shape index (κ1) is 18.9. The van der Waals surface area contributed by atoms with Crippen LogP contribution in [-0.4, -0.2) is 10.8 Å². The van der Waals surface area contributed by atoms with Crippen LogP contribution in [0.2, 0.25) is 0 Å². The van der Waals surface area contributed by atoms with E-state index in [9.17, 15) is 18.0 Å². The van der Waals surface area contributed by atoms with Gasteiger partial charge >= 0.3 is 6.18 Å². The van der Waals surface area contributed by atoms with Crippen molar-refractivity contribution >= 4 is 11.6 Å². The number of aromatic nitrogens is 1. The minimum atomic E-state index is -4.38. The Morgan fingerprint density at radius 2 is 1.85 bits per heavy atom. The molecule has 0 amide bonds. The number of anilines is 1. The number of carbonyl (C=O) groups excluding carboxylic acids is 1. The van der Waals surface area contributed by atoms with Gasteiger partial charge in [0, 0.05) is 12.6 Å². The van der Waals surface area contributed by atoms with Crippen molar-refractivity contribution in [2.75, 3.05) is 5.01 Å². The summed E-state index contributed by atoms with van der Waals surface area (Å²) < 4.78 is 38.6. The fourth-order valence-electron chi connectivity index (χ4n) is 3.03. The number of halogens is 3. The van der Waals surface area contributed by atoms with Crippen molar-refractivity contribution in [1.82, 2.24) is 4.98 Å². The van der Waals surface area contributed by atoms with Crippen LogP contribution in [-0.2, 0) is 17.4 Å². The summed E-state index contributed by atoms with van der Waals surface area (Å²) in [5.74, 6) is 6.33. The summed E-state index contributed by atoms with van der Waals surface area (Å²) in [5.41, 5.74) is 7.08. The SMILES string of the molecule is NC1=C(N(N)c2cc(Cc3cccc(C(F)(F)F)c3)ccn2)CCCC1=O. The van der Waals surface area contributed by atoms with Crippen LogP contribution in [0.15, 0.2) is 54.0 Å². The van der Waals surface area contributed by atoms with Crippen LogP contribution in [0.1, 0.15) is 36.0 Å². The molecule has 27 heavy (non-hydrogen) atoms. The summed E-state index contributed by atoms with van der Waals surface area (Å²) in [7, 11) is 0. The van der Waals surface area contributed by atoms with E-state index in [1.165, 1.54) is 17.3 Å². The van der Waals surface area contributed by atoms with Crippen molar-refractivity contribution in [2.24, 2.45) is 11.6 Å². The Hall–Kier alpha value is -2.87. The summed E-state index contributed by atoms with van der Waals surface area (Å²) in [6, 6.07) is 8.57. The largest absolute Gasteiger partial charge is 0.416 e. The number of alkyl halides is 3. The number of hydrogen-bond donors (Lipinski definition) is 2. The number of hydrazine groups is 1. The molecular weight excluding hydrogens is 357 g/mol. The highest BCUT2D eigenvalue weighted by atomic mass is 19.4. The Kier molecular flexibility index (Phi) is 5.18. The molecule has 1 aromatic carbocycles. The molecule has 0 unspecified atom stereocenters. The zero-order chi connectivity index (χ0) is 19.6. The maximum Gasteiger partial charge on any atom is 0.416 e. The van der Waals surface area contributed by atoms with Gasteiger partial charge in [-0.05, 0) is 48.6 Å². The van der Waals surface area contributed by atoms with Crippen LogP contribution in [0.5, 0.6) is 0 Å². The number of benzene rings is 1. The quantitative estimate of drug-likeness (QED) is 0.632. The molecule has 4 N–H and O–H groups in total. The average Bonchev–Trinajstić information content (AvgIpc) is 2.63. The van der Waals surface area contributed by atoms with Crippen LogP contribution in [0, 0.1) is 0 Å². The summed E-state index contributed by atoms with van der Waals surface area (Å²) in [5, 5.41) is 1.28. The van der Waals surface area contributed by atoms with E-state index in [0.717, 1.165) is 17.7 Å². The summed E-state index contributed by atoms with van der Waals surface area (Å²) in [6.45, 7) is 0. The predicted octanol–water partition coefficient (Wildman–Crippen LogP) is 3.29. The number of carbonyl (C=O) groups is 1. The van der Waals surface area contributed by atoms with Gasteiger partial charge in [-0.2, -0.15) is 13.2 Å². The zero-order valence-electron chi connectivity index (χ0n) is 14.5. The third kappa shape index (κ3) is 4.28. The first-order valence-electron chi connectivity index (χ1n) is 8.43. The van der Waals surface area contributed by atoms with E-state index in [1.54, 1.807) is 18.2 Å². The molecule has 1 aliphatic carbocycles. The number of nitrogens with two attached hydrogens (primary N) is 2. The van der Waals surface area contributed by atoms with Crippen LogP contribution in [0.4, 0.5) is 19.0 Å². The number of rotatable bonds is 4. The molecule has 5 nitrogen and oxygen atoms in total. The van der Waals surface area contributed by atoms with Crippen molar-refractivity contribution in [1.29, 1.82) is 0 Å². The van der Waals surface area contributed by atoms with Crippen LogP contribution >= 0.6 is 0 Å². The number of Topliss-reactive ketones (excluding diaryl/α,β-unsaturated/α-hetero) is 1. The van der Waals surface area contributed by atoms with Crippen molar-refractivity contribution in [3.05, 3.63) is 70.7 Å². The van der Waals surface area contributed by atoms with Gasteiger partial charge in [0.15, 0.2) is 5.78 Å². The highest BCUT2D eigenvalue weighted by Crippen LogP contribution is 2.30. The number of ketones is 1. The first-order valence-corrected chi connectivity index (χ1v) is 8.43. The van der Waals surface area contributed by atoms with Crippen molar-refractivity contribution < 1.29 is 18.0 Å². The molecule has 1 aromatic heterocycles. The molecule has 0 spiro atoms. The maximum atomic E-state index is 12.9. The number of hydrogen-bond acceptors (Lipinski definition) is 5. The van der Waals surface area contributed by atoms with Gasteiger partial charge < -0.3 is 5.73 Å². The summed E-state index contributed by atoms with van der Waals surface area (Å²) >= 11 is 0. The van der Waals surface area contributed by atoms with E-state index in [-0.39, 0.29) is 11.5 Å². The van der Waals surface area contributed by atoms with Crippen molar-refractivity contribution in [3.8, 4) is 0 Å². The van der Waals surface area contributed by atoms with Gasteiger partial charge in [-0.15, -0.1) is 0 Å². The fourth-order valence-corrected chi connectivity index (χ4v) is 3.03. The van der Waals surface area contributed by atoms with Crippen molar-refractivity contribution in [3.63, 3.8) is 0 Å². The Labute approximate surface area is 154 Å². The molecule has 2 aromatic rings. The van der Waals surface area contributed by atoms with Gasteiger partial charge in [0.1, 0.15) is 5.82 Å². The van der Waals surface area contributed by atoms with E-state index >= 15 is 0 Å². The lowest BCUT2D eigenvalue weighted by Crippen LogP contribution is -2.36. The smallest absolute Gasteiger partial charge is 0.394 e. The van der Waals surface area contributed by atoms with Crippen LogP contribution in [0.25, 0.3) is 0 Å². The number of nitrogens with zero attached hydrogens (tertiary/aromatic N) is 2. The molecule has 1 heterocycles. The van der Waals surface area contributed by atoms with E-state index < -0.39 is 11.7 Å². The highest BCUT2D eigenvalue weighted by molar-refractivity contribution is 5.96. The minimum Gasteiger partial charge on any atom is -0.394 e. The van der Waals surface area contributed by atoms with E-state index in [4.69, 9.17) is 11.6 Å². The van der Waals surface area contributed by atoms with E-state index in [1.807, 2.05) is 0 Å². The molecular formula is C19H19F3N4O. The topological polar surface area (TPSA) is 85.2 Å². The van der Waals surface area contributed by atoms with Gasteiger partial charge in [-0.1, -0.05) is 18.2 Å². The Bertz CT molecular complexity index is 893. The normalized spacial score (nSPS) is 15.2. The molecule has 0 fully saturated rings. The minimum absolute atomic E-state index is 0.133. The van der Waals surface area contributed by atoms with Crippen molar-refractivity contribution in [2.45, 2.75) is 31.9 Å². The third-order valence-electron chi connectivity index (χ3n) is 4.44. The lowest BCUT2D eigenvalue weighted by molar-refractivity contribution is -0.137. The second-order valence-corrected chi connectivity index (χ2v) is 6.40. The second kappa shape index (κ2) is 7.40. The first-order chi connectivity index (χ1) is 12.8. The zero-order valence-corrected chi connectivity index (χ0v) is 14.5. The summed E-state index contributed by atoms with van der Waals surface area (Å²) in [6.07, 6.45) is -0.947. The number of allylic oxidation sites excluding steroid dienone is 2. The Balaban J connectivity index is 1.84. The standard InChI is InChI=1S/C19H19F3N4O/c20-19(21,22)14-4-1-3-12(10-14)9-13-7-8-25-17(11-13)26(24)15-5-2-6-16(27)18(15)23/h1,3-4,7-8,10-11H,2,5-6,9,23-24H2.